The first-order chi connectivity index (χ1) is 14.4. The predicted octanol–water partition coefficient (Wildman–Crippen LogP) is 0.626. The van der Waals surface area contributed by atoms with Crippen molar-refractivity contribution < 1.29 is 23.9 Å². The van der Waals surface area contributed by atoms with Crippen molar-refractivity contribution in [1.82, 2.24) is 20.5 Å². The highest BCUT2D eigenvalue weighted by Crippen LogP contribution is 2.25. The Kier molecular flexibility index (Phi) is 6.51. The van der Waals surface area contributed by atoms with Gasteiger partial charge in [-0.15, -0.1) is 0 Å². The van der Waals surface area contributed by atoms with E-state index in [9.17, 15) is 19.2 Å². The van der Waals surface area contributed by atoms with Gasteiger partial charge in [0, 0.05) is 24.0 Å². The van der Waals surface area contributed by atoms with Crippen LogP contribution in [0.15, 0.2) is 36.9 Å². The minimum Gasteiger partial charge on any atom is -0.496 e. The summed E-state index contributed by atoms with van der Waals surface area (Å²) in [6.45, 7) is 3.68. The molecule has 1 aromatic heterocycles. The van der Waals surface area contributed by atoms with Crippen LogP contribution in [0.25, 0.3) is 10.9 Å². The molecule has 30 heavy (non-hydrogen) atoms. The van der Waals surface area contributed by atoms with Crippen LogP contribution in [0.2, 0.25) is 0 Å². The van der Waals surface area contributed by atoms with Gasteiger partial charge in [0.25, 0.3) is 5.91 Å². The molecule has 1 aliphatic heterocycles. The van der Waals surface area contributed by atoms with Gasteiger partial charge in [0.05, 0.1) is 26.1 Å². The quantitative estimate of drug-likeness (QED) is 0.522. The van der Waals surface area contributed by atoms with E-state index in [0.29, 0.717) is 24.4 Å². The van der Waals surface area contributed by atoms with Gasteiger partial charge in [-0.2, -0.15) is 0 Å². The smallest absolute Gasteiger partial charge is 0.268 e. The van der Waals surface area contributed by atoms with E-state index in [1.807, 2.05) is 6.07 Å². The molecule has 3 rings (SSSR count). The molecule has 0 aliphatic carbocycles. The maximum atomic E-state index is 12.4. The number of hydrogen-bond acceptors (Lipinski definition) is 5. The van der Waals surface area contributed by atoms with Crippen LogP contribution in [0.1, 0.15) is 16.9 Å². The van der Waals surface area contributed by atoms with Crippen LogP contribution in [0.3, 0.4) is 0 Å². The predicted molar refractivity (Wildman–Crippen MR) is 110 cm³/mol. The number of benzene rings is 1. The first-order valence-corrected chi connectivity index (χ1v) is 9.57. The summed E-state index contributed by atoms with van der Waals surface area (Å²) >= 11 is 0. The SMILES string of the molecule is C=CC(=O)N(CC(=O)CNC(=O)c1cc2c(OC)cccc2[nH]1)CC1CCNC1=O. The summed E-state index contributed by atoms with van der Waals surface area (Å²) in [6, 6.07) is 7.06. The lowest BCUT2D eigenvalue weighted by Crippen LogP contribution is -2.42. The lowest BCUT2D eigenvalue weighted by Gasteiger charge is -2.22. The number of nitrogens with zero attached hydrogens (tertiary/aromatic N) is 1. The van der Waals surface area contributed by atoms with Crippen LogP contribution in [0.5, 0.6) is 5.75 Å². The third-order valence-corrected chi connectivity index (χ3v) is 4.99. The number of fused-ring (bicyclic) bond motifs is 1. The Bertz CT molecular complexity index is 996. The normalized spacial score (nSPS) is 15.5. The second kappa shape index (κ2) is 9.25. The molecule has 3 N–H and O–H groups in total. The molecule has 1 aliphatic rings. The summed E-state index contributed by atoms with van der Waals surface area (Å²) in [6.07, 6.45) is 1.71. The van der Waals surface area contributed by atoms with Crippen molar-refractivity contribution in [3.8, 4) is 5.75 Å². The molecule has 0 radical (unpaired) electrons. The molecule has 1 atom stereocenters. The summed E-state index contributed by atoms with van der Waals surface area (Å²) in [5.41, 5.74) is 1.03. The van der Waals surface area contributed by atoms with E-state index in [4.69, 9.17) is 4.74 Å². The molecule has 1 aromatic carbocycles. The van der Waals surface area contributed by atoms with Gasteiger partial charge in [-0.1, -0.05) is 12.6 Å². The number of aromatic nitrogens is 1. The van der Waals surface area contributed by atoms with Crippen LogP contribution < -0.4 is 15.4 Å². The largest absolute Gasteiger partial charge is 0.496 e. The van der Waals surface area contributed by atoms with E-state index in [0.717, 1.165) is 17.0 Å². The number of hydrogen-bond donors (Lipinski definition) is 3. The highest BCUT2D eigenvalue weighted by atomic mass is 16.5. The fraction of sp³-hybridized carbons (Fsp3) is 0.333. The maximum Gasteiger partial charge on any atom is 0.268 e. The standard InChI is InChI=1S/C21H24N4O5/c1-3-19(27)25(11-13-7-8-22-20(13)28)12-14(26)10-23-21(29)17-9-15-16(24-17)5-4-6-18(15)30-2/h3-6,9,13,24H,1,7-8,10-12H2,2H3,(H,22,28)(H,23,29). The number of aromatic amines is 1. The Morgan fingerprint density at radius 3 is 2.83 bits per heavy atom. The number of Topliss-reactive ketones (excluding diaryl/α,β-unsaturated/α-hetero) is 1. The van der Waals surface area contributed by atoms with Crippen LogP contribution in [0.4, 0.5) is 0 Å². The van der Waals surface area contributed by atoms with Crippen molar-refractivity contribution in [2.75, 3.05) is 33.3 Å². The maximum absolute atomic E-state index is 12.4. The van der Waals surface area contributed by atoms with Gasteiger partial charge in [-0.3, -0.25) is 19.2 Å². The van der Waals surface area contributed by atoms with E-state index in [1.54, 1.807) is 25.3 Å². The van der Waals surface area contributed by atoms with Crippen LogP contribution in [-0.4, -0.2) is 66.7 Å². The number of ether oxygens (including phenoxy) is 1. The highest BCUT2D eigenvalue weighted by Gasteiger charge is 2.28. The number of amides is 3. The first-order valence-electron chi connectivity index (χ1n) is 9.57. The minimum atomic E-state index is -0.446. The number of methoxy groups -OCH3 is 1. The molecule has 2 heterocycles. The average molecular weight is 412 g/mol. The number of H-pyrrole nitrogens is 1. The summed E-state index contributed by atoms with van der Waals surface area (Å²) < 4.78 is 5.28. The molecule has 9 nitrogen and oxygen atoms in total. The van der Waals surface area contributed by atoms with Gasteiger partial charge in [0.1, 0.15) is 11.4 Å². The number of carbonyl (C=O) groups excluding carboxylic acids is 4. The minimum absolute atomic E-state index is 0.133. The van der Waals surface area contributed by atoms with Crippen LogP contribution in [0, 0.1) is 5.92 Å². The van der Waals surface area contributed by atoms with E-state index < -0.39 is 11.8 Å². The van der Waals surface area contributed by atoms with Gasteiger partial charge in [0.15, 0.2) is 5.78 Å². The highest BCUT2D eigenvalue weighted by molar-refractivity contribution is 6.01. The Morgan fingerprint density at radius 1 is 1.37 bits per heavy atom. The van der Waals surface area contributed by atoms with Gasteiger partial charge in [-0.05, 0) is 30.7 Å². The van der Waals surface area contributed by atoms with E-state index in [1.165, 1.54) is 4.90 Å². The molecular formula is C21H24N4O5. The molecule has 3 amide bonds. The Balaban J connectivity index is 1.59. The monoisotopic (exact) mass is 412 g/mol. The van der Waals surface area contributed by atoms with Crippen molar-refractivity contribution in [1.29, 1.82) is 0 Å². The zero-order valence-electron chi connectivity index (χ0n) is 16.7. The van der Waals surface area contributed by atoms with Crippen molar-refractivity contribution >= 4 is 34.4 Å². The average Bonchev–Trinajstić information content (AvgIpc) is 3.36. The molecular weight excluding hydrogens is 388 g/mol. The molecule has 2 aromatic rings. The summed E-state index contributed by atoms with van der Waals surface area (Å²) in [7, 11) is 1.55. The third kappa shape index (κ3) is 4.68. The van der Waals surface area contributed by atoms with E-state index in [2.05, 4.69) is 22.2 Å². The topological polar surface area (TPSA) is 121 Å². The molecule has 0 spiro atoms. The molecule has 0 bridgehead atoms. The summed E-state index contributed by atoms with van der Waals surface area (Å²) in [5, 5.41) is 6.02. The van der Waals surface area contributed by atoms with E-state index >= 15 is 0 Å². The number of nitrogens with one attached hydrogen (secondary N) is 3. The van der Waals surface area contributed by atoms with Crippen molar-refractivity contribution in [2.45, 2.75) is 6.42 Å². The van der Waals surface area contributed by atoms with Gasteiger partial charge >= 0.3 is 0 Å². The molecule has 1 fully saturated rings. The van der Waals surface area contributed by atoms with E-state index in [-0.39, 0.29) is 37.2 Å². The Morgan fingerprint density at radius 2 is 2.17 bits per heavy atom. The first kappa shape index (κ1) is 21.1. The zero-order chi connectivity index (χ0) is 21.7. The lowest BCUT2D eigenvalue weighted by atomic mass is 10.1. The van der Waals surface area contributed by atoms with Crippen molar-refractivity contribution in [2.24, 2.45) is 5.92 Å². The van der Waals surface area contributed by atoms with Crippen LogP contribution in [-0.2, 0) is 14.4 Å². The molecule has 0 saturated carbocycles. The van der Waals surface area contributed by atoms with Gasteiger partial charge in [-0.25, -0.2) is 0 Å². The van der Waals surface area contributed by atoms with Crippen molar-refractivity contribution in [3.05, 3.63) is 42.6 Å². The molecule has 1 unspecified atom stereocenters. The number of ketones is 1. The Labute approximate surface area is 173 Å². The fourth-order valence-electron chi connectivity index (χ4n) is 3.42. The Hall–Kier alpha value is -3.62. The molecule has 9 heteroatoms. The van der Waals surface area contributed by atoms with Crippen molar-refractivity contribution in [3.63, 3.8) is 0 Å². The zero-order valence-corrected chi connectivity index (χ0v) is 16.7. The lowest BCUT2D eigenvalue weighted by molar-refractivity contribution is -0.133. The second-order valence-corrected chi connectivity index (χ2v) is 7.03. The fourth-order valence-corrected chi connectivity index (χ4v) is 3.42. The van der Waals surface area contributed by atoms with Gasteiger partial charge < -0.3 is 25.3 Å². The third-order valence-electron chi connectivity index (χ3n) is 4.99. The summed E-state index contributed by atoms with van der Waals surface area (Å²) in [5.74, 6) is -1.08. The molecule has 1 saturated heterocycles. The van der Waals surface area contributed by atoms with Gasteiger partial charge in [0.2, 0.25) is 11.8 Å². The second-order valence-electron chi connectivity index (χ2n) is 7.03. The molecule has 158 valence electrons. The summed E-state index contributed by atoms with van der Waals surface area (Å²) in [4.78, 5) is 52.9. The number of carbonyl (C=O) groups is 4. The number of rotatable bonds is 9. The van der Waals surface area contributed by atoms with Crippen LogP contribution >= 0.6 is 0 Å².